The number of rotatable bonds is 3. The van der Waals surface area contributed by atoms with E-state index >= 15 is 0 Å². The lowest BCUT2D eigenvalue weighted by Gasteiger charge is -2.21. The molecule has 1 rings (SSSR count). The van der Waals surface area contributed by atoms with Gasteiger partial charge in [0.15, 0.2) is 0 Å². The molecule has 0 spiro atoms. The number of halogens is 3. The topological polar surface area (TPSA) is 35.2 Å². The van der Waals surface area contributed by atoms with E-state index in [1.165, 1.54) is 13.2 Å². The minimum absolute atomic E-state index is 0.245. The van der Waals surface area contributed by atoms with Gasteiger partial charge in [-0.05, 0) is 37.1 Å². The zero-order valence-electron chi connectivity index (χ0n) is 10.0. The van der Waals surface area contributed by atoms with Crippen molar-refractivity contribution in [3.8, 4) is 0 Å². The van der Waals surface area contributed by atoms with Crippen molar-refractivity contribution in [3.63, 3.8) is 0 Å². The number of ether oxygens (including phenoxy) is 1. The molecule has 0 aliphatic carbocycles. The summed E-state index contributed by atoms with van der Waals surface area (Å²) >= 11 is 0. The van der Waals surface area contributed by atoms with Gasteiger partial charge >= 0.3 is 6.18 Å². The van der Waals surface area contributed by atoms with E-state index in [-0.39, 0.29) is 6.10 Å². The second kappa shape index (κ2) is 5.06. The zero-order chi connectivity index (χ0) is 13.2. The van der Waals surface area contributed by atoms with Crippen LogP contribution in [0, 0.1) is 6.92 Å². The summed E-state index contributed by atoms with van der Waals surface area (Å²) in [6, 6.07) is 3.14. The molecule has 1 aromatic rings. The van der Waals surface area contributed by atoms with Crippen LogP contribution in [0.3, 0.4) is 0 Å². The fourth-order valence-corrected chi connectivity index (χ4v) is 1.63. The van der Waals surface area contributed by atoms with Crippen LogP contribution < -0.4 is 5.73 Å². The van der Waals surface area contributed by atoms with Crippen molar-refractivity contribution in [1.82, 2.24) is 0 Å². The maximum atomic E-state index is 12.5. The van der Waals surface area contributed by atoms with E-state index in [9.17, 15) is 13.2 Å². The molecule has 0 saturated carbocycles. The molecule has 0 aliphatic rings. The highest BCUT2D eigenvalue weighted by Crippen LogP contribution is 2.31. The van der Waals surface area contributed by atoms with Crippen LogP contribution >= 0.6 is 0 Å². The van der Waals surface area contributed by atoms with Crippen molar-refractivity contribution in [2.75, 3.05) is 7.11 Å². The van der Waals surface area contributed by atoms with Crippen LogP contribution in [0.15, 0.2) is 18.2 Å². The van der Waals surface area contributed by atoms with E-state index in [4.69, 9.17) is 10.5 Å². The first-order valence-electron chi connectivity index (χ1n) is 5.23. The van der Waals surface area contributed by atoms with Crippen LogP contribution in [0.1, 0.15) is 29.7 Å². The third kappa shape index (κ3) is 3.20. The predicted molar refractivity (Wildman–Crippen MR) is 59.6 cm³/mol. The standard InChI is InChI=1S/C12H16F3NO/c1-7-6-9(12(13,14)15)4-5-10(7)11(16)8(2)17-3/h4-6,8,11H,16H2,1-3H3. The number of alkyl halides is 3. The maximum Gasteiger partial charge on any atom is 0.416 e. The molecule has 2 unspecified atom stereocenters. The first kappa shape index (κ1) is 14.0. The summed E-state index contributed by atoms with van der Waals surface area (Å²) in [7, 11) is 1.52. The smallest absolute Gasteiger partial charge is 0.380 e. The van der Waals surface area contributed by atoms with Gasteiger partial charge in [0.2, 0.25) is 0 Å². The molecule has 0 aromatic heterocycles. The SMILES string of the molecule is COC(C)C(N)c1ccc(C(F)(F)F)cc1C. The van der Waals surface area contributed by atoms with E-state index < -0.39 is 17.8 Å². The van der Waals surface area contributed by atoms with Gasteiger partial charge in [-0.2, -0.15) is 13.2 Å². The number of hydrogen-bond donors (Lipinski definition) is 1. The van der Waals surface area contributed by atoms with Gasteiger partial charge in [0.05, 0.1) is 17.7 Å². The first-order chi connectivity index (χ1) is 7.77. The quantitative estimate of drug-likeness (QED) is 0.891. The Morgan fingerprint density at radius 1 is 1.29 bits per heavy atom. The summed E-state index contributed by atoms with van der Waals surface area (Å²) in [5, 5.41) is 0. The highest BCUT2D eigenvalue weighted by Gasteiger charge is 2.31. The van der Waals surface area contributed by atoms with Gasteiger partial charge in [0, 0.05) is 7.11 Å². The molecule has 2 nitrogen and oxygen atoms in total. The molecule has 0 radical (unpaired) electrons. The van der Waals surface area contributed by atoms with Gasteiger partial charge in [0.1, 0.15) is 0 Å². The van der Waals surface area contributed by atoms with E-state index in [0.29, 0.717) is 11.1 Å². The summed E-state index contributed by atoms with van der Waals surface area (Å²) < 4.78 is 42.5. The van der Waals surface area contributed by atoms with Crippen LogP contribution in [0.25, 0.3) is 0 Å². The molecule has 2 atom stereocenters. The van der Waals surface area contributed by atoms with Crippen molar-refractivity contribution < 1.29 is 17.9 Å². The van der Waals surface area contributed by atoms with Crippen molar-refractivity contribution in [1.29, 1.82) is 0 Å². The molecule has 0 bridgehead atoms. The lowest BCUT2D eigenvalue weighted by Crippen LogP contribution is -2.26. The van der Waals surface area contributed by atoms with Crippen molar-refractivity contribution in [2.24, 2.45) is 5.73 Å². The Balaban J connectivity index is 3.06. The van der Waals surface area contributed by atoms with Crippen molar-refractivity contribution >= 4 is 0 Å². The Hall–Kier alpha value is -1.07. The average molecular weight is 247 g/mol. The van der Waals surface area contributed by atoms with Crippen LogP contribution in [0.2, 0.25) is 0 Å². The fraction of sp³-hybridized carbons (Fsp3) is 0.500. The Morgan fingerprint density at radius 2 is 1.88 bits per heavy atom. The van der Waals surface area contributed by atoms with Crippen molar-refractivity contribution in [2.45, 2.75) is 32.2 Å². The van der Waals surface area contributed by atoms with Crippen LogP contribution in [-0.4, -0.2) is 13.2 Å². The number of methoxy groups -OCH3 is 1. The number of nitrogens with two attached hydrogens (primary N) is 1. The van der Waals surface area contributed by atoms with E-state index in [1.807, 2.05) is 0 Å². The monoisotopic (exact) mass is 247 g/mol. The highest BCUT2D eigenvalue weighted by atomic mass is 19.4. The van der Waals surface area contributed by atoms with Gasteiger partial charge in [-0.3, -0.25) is 0 Å². The van der Waals surface area contributed by atoms with E-state index in [1.54, 1.807) is 13.8 Å². The largest absolute Gasteiger partial charge is 0.416 e. The number of benzene rings is 1. The lowest BCUT2D eigenvalue weighted by atomic mass is 9.96. The molecule has 17 heavy (non-hydrogen) atoms. The van der Waals surface area contributed by atoms with Gasteiger partial charge in [-0.15, -0.1) is 0 Å². The summed E-state index contributed by atoms with van der Waals surface area (Å²) in [6.07, 6.45) is -4.56. The maximum absolute atomic E-state index is 12.5. The molecule has 0 amide bonds. The Morgan fingerprint density at radius 3 is 2.29 bits per heavy atom. The average Bonchev–Trinajstić information content (AvgIpc) is 2.25. The van der Waals surface area contributed by atoms with Gasteiger partial charge in [-0.1, -0.05) is 6.07 Å². The second-order valence-electron chi connectivity index (χ2n) is 4.04. The Bertz CT molecular complexity index is 390. The molecule has 0 aliphatic heterocycles. The second-order valence-corrected chi connectivity index (χ2v) is 4.04. The third-order valence-electron chi connectivity index (χ3n) is 2.83. The normalized spacial score (nSPS) is 15.7. The Kier molecular flexibility index (Phi) is 4.16. The van der Waals surface area contributed by atoms with Crippen LogP contribution in [0.4, 0.5) is 13.2 Å². The summed E-state index contributed by atoms with van der Waals surface area (Å²) in [6.45, 7) is 3.40. The highest BCUT2D eigenvalue weighted by molar-refractivity contribution is 5.34. The summed E-state index contributed by atoms with van der Waals surface area (Å²) in [4.78, 5) is 0. The fourth-order valence-electron chi connectivity index (χ4n) is 1.63. The van der Waals surface area contributed by atoms with Gasteiger partial charge in [-0.25, -0.2) is 0 Å². The first-order valence-corrected chi connectivity index (χ1v) is 5.23. The third-order valence-corrected chi connectivity index (χ3v) is 2.83. The summed E-state index contributed by atoms with van der Waals surface area (Å²) in [5.41, 5.74) is 6.44. The molecule has 0 saturated heterocycles. The molecule has 96 valence electrons. The number of aryl methyl sites for hydroxylation is 1. The molecule has 5 heteroatoms. The minimum atomic E-state index is -4.32. The molecule has 2 N–H and O–H groups in total. The van der Waals surface area contributed by atoms with Gasteiger partial charge < -0.3 is 10.5 Å². The van der Waals surface area contributed by atoms with Gasteiger partial charge in [0.25, 0.3) is 0 Å². The zero-order valence-corrected chi connectivity index (χ0v) is 10.0. The van der Waals surface area contributed by atoms with E-state index in [2.05, 4.69) is 0 Å². The minimum Gasteiger partial charge on any atom is -0.380 e. The summed E-state index contributed by atoms with van der Waals surface area (Å²) in [5.74, 6) is 0. The van der Waals surface area contributed by atoms with Crippen LogP contribution in [0.5, 0.6) is 0 Å². The molecule has 0 heterocycles. The van der Waals surface area contributed by atoms with E-state index in [0.717, 1.165) is 12.1 Å². The molecular weight excluding hydrogens is 231 g/mol. The van der Waals surface area contributed by atoms with Crippen LogP contribution in [-0.2, 0) is 10.9 Å². The number of hydrogen-bond acceptors (Lipinski definition) is 2. The lowest BCUT2D eigenvalue weighted by molar-refractivity contribution is -0.137. The Labute approximate surface area is 98.6 Å². The molecule has 1 aromatic carbocycles. The molecule has 0 fully saturated rings. The predicted octanol–water partition coefficient (Wildman–Crippen LogP) is 3.05. The van der Waals surface area contributed by atoms with Crippen molar-refractivity contribution in [3.05, 3.63) is 34.9 Å². The molecular formula is C12H16F3NO.